The molecular formula is C14H28N2O2. The van der Waals surface area contributed by atoms with E-state index in [4.69, 9.17) is 0 Å². The van der Waals surface area contributed by atoms with Gasteiger partial charge in [-0.15, -0.1) is 0 Å². The summed E-state index contributed by atoms with van der Waals surface area (Å²) in [4.78, 5) is 13.5. The fourth-order valence-electron chi connectivity index (χ4n) is 2.48. The van der Waals surface area contributed by atoms with Crippen molar-refractivity contribution in [1.29, 1.82) is 0 Å². The van der Waals surface area contributed by atoms with Crippen LogP contribution in [0.4, 0.5) is 0 Å². The Labute approximate surface area is 111 Å². The molecule has 1 fully saturated rings. The molecule has 4 nitrogen and oxygen atoms in total. The quantitative estimate of drug-likeness (QED) is 0.531. The SMILES string of the molecule is COC(=O)CCCNCCCN1CCCCC1C. The standard InChI is InChI=1S/C14H28N2O2/c1-13-7-3-4-11-16(13)12-6-10-15-9-5-8-14(17)18-2/h13,15H,3-12H2,1-2H3. The van der Waals surface area contributed by atoms with Gasteiger partial charge in [-0.05, 0) is 58.8 Å². The van der Waals surface area contributed by atoms with Crippen molar-refractivity contribution in [3.05, 3.63) is 0 Å². The van der Waals surface area contributed by atoms with Crippen LogP contribution >= 0.6 is 0 Å². The lowest BCUT2D eigenvalue weighted by molar-refractivity contribution is -0.140. The molecule has 0 aliphatic carbocycles. The van der Waals surface area contributed by atoms with Crippen molar-refractivity contribution in [2.45, 2.75) is 51.5 Å². The van der Waals surface area contributed by atoms with Crippen LogP contribution in [0.1, 0.15) is 45.4 Å². The summed E-state index contributed by atoms with van der Waals surface area (Å²) in [5.74, 6) is -0.112. The summed E-state index contributed by atoms with van der Waals surface area (Å²) in [5, 5.41) is 3.38. The Morgan fingerprint density at radius 2 is 2.11 bits per heavy atom. The monoisotopic (exact) mass is 256 g/mol. The first-order chi connectivity index (χ1) is 8.74. The molecule has 0 saturated carbocycles. The molecule has 0 spiro atoms. The van der Waals surface area contributed by atoms with E-state index in [1.807, 2.05) is 0 Å². The molecule has 1 heterocycles. The van der Waals surface area contributed by atoms with E-state index in [1.54, 1.807) is 0 Å². The summed E-state index contributed by atoms with van der Waals surface area (Å²) < 4.78 is 4.60. The van der Waals surface area contributed by atoms with Gasteiger partial charge in [0.2, 0.25) is 0 Å². The van der Waals surface area contributed by atoms with E-state index < -0.39 is 0 Å². The molecule has 0 aromatic rings. The van der Waals surface area contributed by atoms with Gasteiger partial charge in [-0.3, -0.25) is 4.79 Å². The van der Waals surface area contributed by atoms with E-state index in [-0.39, 0.29) is 5.97 Å². The third-order valence-electron chi connectivity index (χ3n) is 3.70. The van der Waals surface area contributed by atoms with Crippen molar-refractivity contribution < 1.29 is 9.53 Å². The predicted octanol–water partition coefficient (Wildman–Crippen LogP) is 1.79. The molecule has 1 unspecified atom stereocenters. The summed E-state index contributed by atoms with van der Waals surface area (Å²) in [6, 6.07) is 0.762. The van der Waals surface area contributed by atoms with E-state index in [2.05, 4.69) is 21.9 Å². The molecule has 0 bridgehead atoms. The first kappa shape index (κ1) is 15.4. The minimum Gasteiger partial charge on any atom is -0.469 e. The highest BCUT2D eigenvalue weighted by molar-refractivity contribution is 5.68. The van der Waals surface area contributed by atoms with E-state index >= 15 is 0 Å². The van der Waals surface area contributed by atoms with Crippen LogP contribution in [0.5, 0.6) is 0 Å². The zero-order valence-corrected chi connectivity index (χ0v) is 11.9. The molecule has 1 aliphatic rings. The first-order valence-electron chi connectivity index (χ1n) is 7.25. The molecule has 0 amide bonds. The number of ether oxygens (including phenoxy) is 1. The summed E-state index contributed by atoms with van der Waals surface area (Å²) >= 11 is 0. The molecule has 1 atom stereocenters. The van der Waals surface area contributed by atoms with Crippen LogP contribution in [0.2, 0.25) is 0 Å². The van der Waals surface area contributed by atoms with E-state index in [9.17, 15) is 4.79 Å². The molecular weight excluding hydrogens is 228 g/mol. The topological polar surface area (TPSA) is 41.6 Å². The minimum absolute atomic E-state index is 0.112. The first-order valence-corrected chi connectivity index (χ1v) is 7.25. The van der Waals surface area contributed by atoms with Gasteiger partial charge in [0, 0.05) is 12.5 Å². The van der Waals surface area contributed by atoms with Crippen LogP contribution in [0.3, 0.4) is 0 Å². The fraction of sp³-hybridized carbons (Fsp3) is 0.929. The van der Waals surface area contributed by atoms with Crippen LogP contribution in [0.25, 0.3) is 0 Å². The maximum Gasteiger partial charge on any atom is 0.305 e. The van der Waals surface area contributed by atoms with Gasteiger partial charge in [-0.2, -0.15) is 0 Å². The normalized spacial score (nSPS) is 20.9. The zero-order valence-electron chi connectivity index (χ0n) is 11.9. The van der Waals surface area contributed by atoms with Gasteiger partial charge in [-0.1, -0.05) is 6.42 Å². The van der Waals surface area contributed by atoms with E-state index in [0.29, 0.717) is 6.42 Å². The van der Waals surface area contributed by atoms with Gasteiger partial charge >= 0.3 is 5.97 Å². The Morgan fingerprint density at radius 1 is 1.33 bits per heavy atom. The molecule has 1 aliphatic heterocycles. The van der Waals surface area contributed by atoms with Crippen LogP contribution in [0.15, 0.2) is 0 Å². The molecule has 0 aromatic heterocycles. The van der Waals surface area contributed by atoms with Crippen LogP contribution in [0, 0.1) is 0 Å². The van der Waals surface area contributed by atoms with Crippen molar-refractivity contribution in [1.82, 2.24) is 10.2 Å². The summed E-state index contributed by atoms with van der Waals surface area (Å²) in [5.41, 5.74) is 0. The van der Waals surface area contributed by atoms with Crippen LogP contribution in [-0.4, -0.2) is 50.2 Å². The molecule has 0 radical (unpaired) electrons. The third-order valence-corrected chi connectivity index (χ3v) is 3.70. The highest BCUT2D eigenvalue weighted by Crippen LogP contribution is 2.15. The number of carbonyl (C=O) groups is 1. The number of nitrogens with zero attached hydrogens (tertiary/aromatic N) is 1. The van der Waals surface area contributed by atoms with E-state index in [1.165, 1.54) is 45.9 Å². The Balaban J connectivity index is 1.90. The highest BCUT2D eigenvalue weighted by atomic mass is 16.5. The lowest BCUT2D eigenvalue weighted by Gasteiger charge is -2.33. The second-order valence-corrected chi connectivity index (χ2v) is 5.16. The molecule has 0 aromatic carbocycles. The Kier molecular flexibility index (Phi) is 8.01. The van der Waals surface area contributed by atoms with Crippen molar-refractivity contribution in [2.24, 2.45) is 0 Å². The number of hydrogen-bond donors (Lipinski definition) is 1. The molecule has 1 N–H and O–H groups in total. The summed E-state index contributed by atoms with van der Waals surface area (Å²) in [6.07, 6.45) is 6.69. The number of piperidine rings is 1. The van der Waals surface area contributed by atoms with Crippen molar-refractivity contribution >= 4 is 5.97 Å². The van der Waals surface area contributed by atoms with Gasteiger partial charge in [-0.25, -0.2) is 0 Å². The molecule has 106 valence electrons. The number of esters is 1. The van der Waals surface area contributed by atoms with Crippen LogP contribution < -0.4 is 5.32 Å². The van der Waals surface area contributed by atoms with Gasteiger partial charge in [0.1, 0.15) is 0 Å². The average Bonchev–Trinajstić information content (AvgIpc) is 2.39. The molecule has 1 rings (SSSR count). The van der Waals surface area contributed by atoms with Crippen molar-refractivity contribution in [2.75, 3.05) is 33.3 Å². The van der Waals surface area contributed by atoms with Gasteiger partial charge in [0.15, 0.2) is 0 Å². The van der Waals surface area contributed by atoms with Crippen molar-refractivity contribution in [3.8, 4) is 0 Å². The number of carbonyl (C=O) groups excluding carboxylic acids is 1. The maximum absolute atomic E-state index is 10.9. The molecule has 1 saturated heterocycles. The van der Waals surface area contributed by atoms with Gasteiger partial charge in [0.05, 0.1) is 7.11 Å². The smallest absolute Gasteiger partial charge is 0.305 e. The van der Waals surface area contributed by atoms with Gasteiger partial charge in [0.25, 0.3) is 0 Å². The zero-order chi connectivity index (χ0) is 13.2. The second kappa shape index (κ2) is 9.34. The minimum atomic E-state index is -0.112. The Bertz CT molecular complexity index is 234. The van der Waals surface area contributed by atoms with E-state index in [0.717, 1.165) is 25.6 Å². The number of nitrogens with one attached hydrogen (secondary N) is 1. The molecule has 4 heteroatoms. The number of hydrogen-bond acceptors (Lipinski definition) is 4. The lowest BCUT2D eigenvalue weighted by Crippen LogP contribution is -2.38. The summed E-state index contributed by atoms with van der Waals surface area (Å²) in [6.45, 7) is 6.76. The highest BCUT2D eigenvalue weighted by Gasteiger charge is 2.16. The number of methoxy groups -OCH3 is 1. The average molecular weight is 256 g/mol. The molecule has 18 heavy (non-hydrogen) atoms. The number of rotatable bonds is 8. The maximum atomic E-state index is 10.9. The largest absolute Gasteiger partial charge is 0.469 e. The Hall–Kier alpha value is -0.610. The lowest BCUT2D eigenvalue weighted by atomic mass is 10.0. The number of likely N-dealkylation sites (tertiary alicyclic amines) is 1. The second-order valence-electron chi connectivity index (χ2n) is 5.16. The third kappa shape index (κ3) is 6.36. The fourth-order valence-corrected chi connectivity index (χ4v) is 2.48. The van der Waals surface area contributed by atoms with Crippen LogP contribution in [-0.2, 0) is 9.53 Å². The summed E-state index contributed by atoms with van der Waals surface area (Å²) in [7, 11) is 1.44. The predicted molar refractivity (Wildman–Crippen MR) is 73.6 cm³/mol. The van der Waals surface area contributed by atoms with Crippen molar-refractivity contribution in [3.63, 3.8) is 0 Å². The van der Waals surface area contributed by atoms with Gasteiger partial charge < -0.3 is 15.0 Å². The Morgan fingerprint density at radius 3 is 2.83 bits per heavy atom.